The van der Waals surface area contributed by atoms with Crippen LogP contribution in [0.1, 0.15) is 39.0 Å². The standard InChI is InChI=1S/C9H16F2O5S/c1-2-3-4-5-6-7-16-8(12)9(10,11)17(13,14)15/h2-7H2,1H3,(H,13,14,15)/p-1. The topological polar surface area (TPSA) is 83.5 Å². The molecule has 0 aliphatic rings. The highest BCUT2D eigenvalue weighted by Gasteiger charge is 2.48. The van der Waals surface area contributed by atoms with Crippen molar-refractivity contribution in [3.05, 3.63) is 0 Å². The van der Waals surface area contributed by atoms with Gasteiger partial charge in [-0.3, -0.25) is 0 Å². The molecule has 0 N–H and O–H groups in total. The van der Waals surface area contributed by atoms with Crippen molar-refractivity contribution in [1.29, 1.82) is 0 Å². The van der Waals surface area contributed by atoms with Gasteiger partial charge in [0.05, 0.1) is 6.61 Å². The van der Waals surface area contributed by atoms with Crippen LogP contribution in [0.15, 0.2) is 0 Å². The van der Waals surface area contributed by atoms with Crippen LogP contribution in [-0.2, 0) is 19.6 Å². The molecule has 0 aliphatic heterocycles. The first-order valence-corrected chi connectivity index (χ1v) is 6.64. The van der Waals surface area contributed by atoms with E-state index in [1.807, 2.05) is 6.92 Å². The van der Waals surface area contributed by atoms with Crippen molar-refractivity contribution in [2.75, 3.05) is 6.61 Å². The molecule has 0 radical (unpaired) electrons. The number of carbonyl (C=O) groups excluding carboxylic acids is 1. The molecule has 8 heteroatoms. The van der Waals surface area contributed by atoms with Crippen LogP contribution in [0.3, 0.4) is 0 Å². The summed E-state index contributed by atoms with van der Waals surface area (Å²) in [7, 11) is -6.01. The summed E-state index contributed by atoms with van der Waals surface area (Å²) in [6.45, 7) is 1.69. The van der Waals surface area contributed by atoms with Crippen molar-refractivity contribution in [1.82, 2.24) is 0 Å². The predicted molar refractivity (Wildman–Crippen MR) is 54.4 cm³/mol. The van der Waals surface area contributed by atoms with E-state index in [-0.39, 0.29) is 6.61 Å². The largest absolute Gasteiger partial charge is 0.743 e. The second kappa shape index (κ2) is 6.85. The van der Waals surface area contributed by atoms with Crippen LogP contribution in [0.5, 0.6) is 0 Å². The highest BCUT2D eigenvalue weighted by Crippen LogP contribution is 2.22. The molecule has 0 aromatic rings. The Kier molecular flexibility index (Phi) is 6.54. The molecular weight excluding hydrogens is 258 g/mol. The van der Waals surface area contributed by atoms with E-state index in [0.29, 0.717) is 12.8 Å². The van der Waals surface area contributed by atoms with E-state index in [0.717, 1.165) is 19.3 Å². The minimum absolute atomic E-state index is 0.312. The van der Waals surface area contributed by atoms with E-state index in [1.165, 1.54) is 0 Å². The van der Waals surface area contributed by atoms with Crippen molar-refractivity contribution < 1.29 is 31.3 Å². The van der Waals surface area contributed by atoms with Crippen LogP contribution >= 0.6 is 0 Å². The van der Waals surface area contributed by atoms with Gasteiger partial charge in [0.15, 0.2) is 10.1 Å². The van der Waals surface area contributed by atoms with Gasteiger partial charge in [0, 0.05) is 0 Å². The molecule has 0 bridgehead atoms. The molecule has 0 spiro atoms. The zero-order valence-corrected chi connectivity index (χ0v) is 10.3. The minimum Gasteiger partial charge on any atom is -0.743 e. The minimum atomic E-state index is -6.01. The van der Waals surface area contributed by atoms with E-state index < -0.39 is 21.3 Å². The smallest absolute Gasteiger partial charge is 0.428 e. The van der Waals surface area contributed by atoms with Crippen LogP contribution in [0.25, 0.3) is 0 Å². The monoisotopic (exact) mass is 273 g/mol. The maximum Gasteiger partial charge on any atom is 0.428 e. The molecular formula is C9H15F2O5S-. The molecule has 0 unspecified atom stereocenters. The zero-order chi connectivity index (χ0) is 13.5. The molecule has 0 aromatic carbocycles. The molecule has 0 atom stereocenters. The van der Waals surface area contributed by atoms with Crippen molar-refractivity contribution >= 4 is 16.1 Å². The first-order valence-electron chi connectivity index (χ1n) is 5.24. The van der Waals surface area contributed by atoms with Gasteiger partial charge in [0.2, 0.25) is 0 Å². The summed E-state index contributed by atoms with van der Waals surface area (Å²) in [5.74, 6) is -2.30. The lowest BCUT2D eigenvalue weighted by molar-refractivity contribution is -0.161. The number of alkyl halides is 2. The van der Waals surface area contributed by atoms with E-state index in [9.17, 15) is 26.5 Å². The third-order valence-electron chi connectivity index (χ3n) is 2.03. The highest BCUT2D eigenvalue weighted by atomic mass is 32.2. The lowest BCUT2D eigenvalue weighted by Gasteiger charge is -2.17. The molecule has 0 saturated heterocycles. The second-order valence-corrected chi connectivity index (χ2v) is 4.94. The summed E-state index contributed by atoms with van der Waals surface area (Å²) in [6, 6.07) is 0. The molecule has 5 nitrogen and oxygen atoms in total. The Balaban J connectivity index is 3.96. The zero-order valence-electron chi connectivity index (χ0n) is 9.45. The summed E-state index contributed by atoms with van der Waals surface area (Å²) in [5.41, 5.74) is 0. The van der Waals surface area contributed by atoms with E-state index in [4.69, 9.17) is 0 Å². The number of hydrogen-bond acceptors (Lipinski definition) is 5. The molecule has 0 aromatic heterocycles. The Bertz CT molecular complexity index is 339. The van der Waals surface area contributed by atoms with Crippen molar-refractivity contribution in [3.8, 4) is 0 Å². The Morgan fingerprint density at radius 1 is 1.24 bits per heavy atom. The number of carbonyl (C=O) groups is 1. The molecule has 102 valence electrons. The Morgan fingerprint density at radius 2 is 1.76 bits per heavy atom. The van der Waals surface area contributed by atoms with Gasteiger partial charge in [0.1, 0.15) is 0 Å². The SMILES string of the molecule is CCCCCCCOC(=O)C(F)(F)S(=O)(=O)[O-]. The number of hydrogen-bond donors (Lipinski definition) is 0. The first-order chi connectivity index (χ1) is 7.73. The van der Waals surface area contributed by atoms with Gasteiger partial charge < -0.3 is 9.29 Å². The number of esters is 1. The summed E-state index contributed by atoms with van der Waals surface area (Å²) >= 11 is 0. The summed E-state index contributed by atoms with van der Waals surface area (Å²) in [5, 5.41) is -5.00. The normalized spacial score (nSPS) is 12.5. The van der Waals surface area contributed by atoms with Gasteiger partial charge in [-0.25, -0.2) is 13.2 Å². The molecule has 0 amide bonds. The molecule has 0 saturated carbocycles. The number of ether oxygens (including phenoxy) is 1. The lowest BCUT2D eigenvalue weighted by Crippen LogP contribution is -2.39. The highest BCUT2D eigenvalue weighted by molar-refractivity contribution is 7.87. The number of halogens is 2. The van der Waals surface area contributed by atoms with Crippen molar-refractivity contribution in [2.45, 2.75) is 44.3 Å². The summed E-state index contributed by atoms with van der Waals surface area (Å²) in [6.07, 6.45) is 3.92. The first kappa shape index (κ1) is 16.2. The van der Waals surface area contributed by atoms with Gasteiger partial charge >= 0.3 is 11.2 Å². The third kappa shape index (κ3) is 5.40. The van der Waals surface area contributed by atoms with Crippen LogP contribution in [-0.4, -0.2) is 30.8 Å². The number of unbranched alkanes of at least 4 members (excludes halogenated alkanes) is 4. The quantitative estimate of drug-likeness (QED) is 0.381. The average molecular weight is 273 g/mol. The van der Waals surface area contributed by atoms with Crippen molar-refractivity contribution in [3.63, 3.8) is 0 Å². The van der Waals surface area contributed by atoms with Gasteiger partial charge in [-0.1, -0.05) is 32.6 Å². The van der Waals surface area contributed by atoms with Gasteiger partial charge in [-0.2, -0.15) is 8.78 Å². The summed E-state index contributed by atoms with van der Waals surface area (Å²) in [4.78, 5) is 10.6. The second-order valence-electron chi connectivity index (χ2n) is 3.52. The number of rotatable bonds is 8. The van der Waals surface area contributed by atoms with Crippen LogP contribution in [0.4, 0.5) is 8.78 Å². The fourth-order valence-electron chi connectivity index (χ4n) is 1.06. The third-order valence-corrected chi connectivity index (χ3v) is 2.83. The van der Waals surface area contributed by atoms with E-state index in [2.05, 4.69) is 4.74 Å². The van der Waals surface area contributed by atoms with Crippen LogP contribution < -0.4 is 0 Å². The summed E-state index contributed by atoms with van der Waals surface area (Å²) < 4.78 is 59.4. The maximum absolute atomic E-state index is 12.6. The molecule has 0 heterocycles. The molecule has 0 fully saturated rings. The average Bonchev–Trinajstić information content (AvgIpc) is 2.21. The maximum atomic E-state index is 12.6. The van der Waals surface area contributed by atoms with Gasteiger partial charge in [0.25, 0.3) is 0 Å². The molecule has 0 rings (SSSR count). The Morgan fingerprint density at radius 3 is 2.24 bits per heavy atom. The van der Waals surface area contributed by atoms with Crippen LogP contribution in [0, 0.1) is 0 Å². The molecule has 0 aliphatic carbocycles. The van der Waals surface area contributed by atoms with E-state index in [1.54, 1.807) is 0 Å². The van der Waals surface area contributed by atoms with Gasteiger partial charge in [-0.05, 0) is 6.42 Å². The van der Waals surface area contributed by atoms with Gasteiger partial charge in [-0.15, -0.1) is 0 Å². The Hall–Kier alpha value is -0.760. The van der Waals surface area contributed by atoms with Crippen molar-refractivity contribution in [2.24, 2.45) is 0 Å². The predicted octanol–water partition coefficient (Wildman–Crippen LogP) is 1.64. The van der Waals surface area contributed by atoms with E-state index >= 15 is 0 Å². The van der Waals surface area contributed by atoms with Crippen LogP contribution in [0.2, 0.25) is 0 Å². The molecule has 17 heavy (non-hydrogen) atoms. The fourth-order valence-corrected chi connectivity index (χ4v) is 1.32. The lowest BCUT2D eigenvalue weighted by atomic mass is 10.2. The Labute approximate surface area is 98.9 Å². The fraction of sp³-hybridized carbons (Fsp3) is 0.889.